The summed E-state index contributed by atoms with van der Waals surface area (Å²) in [5.41, 5.74) is 0.925. The van der Waals surface area contributed by atoms with E-state index in [1.807, 2.05) is 42.5 Å². The van der Waals surface area contributed by atoms with Crippen molar-refractivity contribution in [2.75, 3.05) is 0 Å². The molecule has 1 saturated heterocycles. The molecule has 20 heavy (non-hydrogen) atoms. The van der Waals surface area contributed by atoms with Gasteiger partial charge in [0, 0.05) is 17.9 Å². The van der Waals surface area contributed by atoms with Crippen molar-refractivity contribution in [3.63, 3.8) is 0 Å². The molecular weight excluding hydrogens is 252 g/mol. The molecule has 0 radical (unpaired) electrons. The number of benzene rings is 1. The highest BCUT2D eigenvalue weighted by Crippen LogP contribution is 2.50. The summed E-state index contributed by atoms with van der Waals surface area (Å²) in [6, 6.07) is 7.84. The van der Waals surface area contributed by atoms with Gasteiger partial charge >= 0.3 is 5.97 Å². The molecule has 1 aliphatic heterocycles. The van der Waals surface area contributed by atoms with E-state index >= 15 is 0 Å². The molecule has 1 aromatic rings. The van der Waals surface area contributed by atoms with Crippen LogP contribution in [-0.4, -0.2) is 11.8 Å². The lowest BCUT2D eigenvalue weighted by Gasteiger charge is -2.40. The fraction of sp³-hybridized carbons (Fsp3) is 0.294. The summed E-state index contributed by atoms with van der Waals surface area (Å²) in [6.07, 6.45) is 8.64. The van der Waals surface area contributed by atoms with Gasteiger partial charge in [0.25, 0.3) is 0 Å². The summed E-state index contributed by atoms with van der Waals surface area (Å²) < 4.78 is 5.53. The first-order valence-electron chi connectivity index (χ1n) is 6.93. The normalized spacial score (nSPS) is 34.0. The van der Waals surface area contributed by atoms with E-state index in [1.54, 1.807) is 0 Å². The van der Waals surface area contributed by atoms with Gasteiger partial charge in [0.1, 0.15) is 0 Å². The molecule has 3 aliphatic rings. The zero-order valence-electron chi connectivity index (χ0n) is 10.9. The number of ether oxygens (including phenoxy) is 1. The van der Waals surface area contributed by atoms with Crippen molar-refractivity contribution < 1.29 is 14.3 Å². The fourth-order valence-electron chi connectivity index (χ4n) is 3.65. The molecule has 4 rings (SSSR count). The number of allylic oxidation sites excluding steroid dienone is 4. The van der Waals surface area contributed by atoms with Gasteiger partial charge in [-0.15, -0.1) is 0 Å². The quantitative estimate of drug-likeness (QED) is 0.678. The number of hydrogen-bond acceptors (Lipinski definition) is 3. The van der Waals surface area contributed by atoms with E-state index < -0.39 is 5.60 Å². The summed E-state index contributed by atoms with van der Waals surface area (Å²) in [5, 5.41) is 0. The van der Waals surface area contributed by atoms with E-state index in [2.05, 4.69) is 6.08 Å². The van der Waals surface area contributed by atoms with Gasteiger partial charge in [0.15, 0.2) is 11.4 Å². The van der Waals surface area contributed by atoms with Gasteiger partial charge < -0.3 is 4.74 Å². The number of esters is 1. The Kier molecular flexibility index (Phi) is 2.28. The number of fused-ring (bicyclic) bond motifs is 4. The van der Waals surface area contributed by atoms with Crippen molar-refractivity contribution in [3.8, 4) is 0 Å². The largest absolute Gasteiger partial charge is 0.446 e. The van der Waals surface area contributed by atoms with E-state index in [-0.39, 0.29) is 23.6 Å². The fourth-order valence-corrected chi connectivity index (χ4v) is 3.65. The van der Waals surface area contributed by atoms with E-state index in [0.717, 1.165) is 11.1 Å². The molecule has 0 N–H and O–H groups in total. The second-order valence-electron chi connectivity index (χ2n) is 5.57. The molecule has 1 aromatic carbocycles. The van der Waals surface area contributed by atoms with Crippen LogP contribution in [0.3, 0.4) is 0 Å². The van der Waals surface area contributed by atoms with Crippen molar-refractivity contribution in [1.82, 2.24) is 0 Å². The van der Waals surface area contributed by atoms with Crippen molar-refractivity contribution in [2.24, 2.45) is 5.92 Å². The number of hydrogen-bond donors (Lipinski definition) is 0. The van der Waals surface area contributed by atoms with E-state index in [9.17, 15) is 9.59 Å². The molecule has 2 aliphatic carbocycles. The predicted molar refractivity (Wildman–Crippen MR) is 73.0 cm³/mol. The smallest absolute Gasteiger partial charge is 0.307 e. The molecule has 1 fully saturated rings. The first-order valence-corrected chi connectivity index (χ1v) is 6.93. The predicted octanol–water partition coefficient (Wildman–Crippen LogP) is 2.63. The van der Waals surface area contributed by atoms with Crippen molar-refractivity contribution in [3.05, 3.63) is 59.7 Å². The molecule has 0 aromatic heterocycles. The maximum atomic E-state index is 12.9. The summed E-state index contributed by atoms with van der Waals surface area (Å²) in [4.78, 5) is 24.6. The Morgan fingerprint density at radius 3 is 2.55 bits per heavy atom. The second-order valence-corrected chi connectivity index (χ2v) is 5.57. The lowest BCUT2D eigenvalue weighted by Crippen LogP contribution is -2.46. The summed E-state index contributed by atoms with van der Waals surface area (Å²) >= 11 is 0. The standard InChI is InChI=1S/C17H14O3/c18-15-9-10-17(20-15)14-8-4-3-6-12(14)11-5-1-2-7-13(11)16(17)19/h1-8,11,13H,9-10H2/t11?,13-,17-/m0/s1. The number of ketones is 1. The topological polar surface area (TPSA) is 43.4 Å². The van der Waals surface area contributed by atoms with Crippen molar-refractivity contribution in [2.45, 2.75) is 24.4 Å². The van der Waals surface area contributed by atoms with Crippen LogP contribution in [-0.2, 0) is 19.9 Å². The Morgan fingerprint density at radius 2 is 1.80 bits per heavy atom. The van der Waals surface area contributed by atoms with Crippen molar-refractivity contribution in [1.29, 1.82) is 0 Å². The lowest BCUT2D eigenvalue weighted by molar-refractivity contribution is -0.161. The van der Waals surface area contributed by atoms with Crippen LogP contribution >= 0.6 is 0 Å². The summed E-state index contributed by atoms with van der Waals surface area (Å²) in [7, 11) is 0. The minimum Gasteiger partial charge on any atom is -0.446 e. The average Bonchev–Trinajstić information content (AvgIpc) is 2.88. The molecule has 0 saturated carbocycles. The van der Waals surface area contributed by atoms with Gasteiger partial charge in [0.2, 0.25) is 0 Å². The third-order valence-corrected chi connectivity index (χ3v) is 4.56. The molecular formula is C17H14O3. The highest BCUT2D eigenvalue weighted by Gasteiger charge is 2.56. The van der Waals surface area contributed by atoms with Crippen LogP contribution in [0.1, 0.15) is 29.9 Å². The maximum absolute atomic E-state index is 12.9. The zero-order valence-corrected chi connectivity index (χ0v) is 10.9. The second kappa shape index (κ2) is 3.92. The van der Waals surface area contributed by atoms with Gasteiger partial charge in [-0.05, 0) is 5.56 Å². The first kappa shape index (κ1) is 11.6. The Labute approximate surface area is 116 Å². The van der Waals surface area contributed by atoms with Crippen LogP contribution in [0.2, 0.25) is 0 Å². The molecule has 3 heteroatoms. The van der Waals surface area contributed by atoms with Crippen LogP contribution in [0.25, 0.3) is 0 Å². The van der Waals surface area contributed by atoms with E-state index in [0.29, 0.717) is 12.8 Å². The first-order chi connectivity index (χ1) is 9.72. The Balaban J connectivity index is 1.97. The zero-order chi connectivity index (χ0) is 13.7. The molecule has 1 heterocycles. The third-order valence-electron chi connectivity index (χ3n) is 4.56. The number of Topliss-reactive ketones (excluding diaryl/α,β-unsaturated/α-hetero) is 1. The summed E-state index contributed by atoms with van der Waals surface area (Å²) in [5.74, 6) is -0.413. The van der Waals surface area contributed by atoms with Crippen LogP contribution < -0.4 is 0 Å². The van der Waals surface area contributed by atoms with Crippen LogP contribution in [0.15, 0.2) is 48.6 Å². The van der Waals surface area contributed by atoms with Crippen LogP contribution in [0.4, 0.5) is 0 Å². The van der Waals surface area contributed by atoms with E-state index in [4.69, 9.17) is 4.74 Å². The minimum absolute atomic E-state index is 0.0210. The molecule has 0 amide bonds. The van der Waals surface area contributed by atoms with Gasteiger partial charge in [-0.25, -0.2) is 0 Å². The maximum Gasteiger partial charge on any atom is 0.307 e. The van der Waals surface area contributed by atoms with E-state index in [1.165, 1.54) is 0 Å². The highest BCUT2D eigenvalue weighted by atomic mass is 16.6. The Morgan fingerprint density at radius 1 is 1.05 bits per heavy atom. The van der Waals surface area contributed by atoms with Crippen molar-refractivity contribution >= 4 is 11.8 Å². The molecule has 1 spiro atoms. The highest BCUT2D eigenvalue weighted by molar-refractivity contribution is 5.98. The SMILES string of the molecule is O=C1CC[C@@]2(O1)C(=O)[C@H]1C=CC=CC1c1ccccc12. The van der Waals surface area contributed by atoms with Gasteiger partial charge in [-0.2, -0.15) is 0 Å². The molecule has 0 bridgehead atoms. The molecule has 1 unspecified atom stereocenters. The Hall–Kier alpha value is -2.16. The third kappa shape index (κ3) is 1.35. The molecule has 3 atom stereocenters. The Bertz CT molecular complexity index is 671. The number of carbonyl (C=O) groups excluding carboxylic acids is 2. The minimum atomic E-state index is -1.05. The molecule has 3 nitrogen and oxygen atoms in total. The lowest BCUT2D eigenvalue weighted by atomic mass is 9.65. The van der Waals surface area contributed by atoms with Crippen LogP contribution in [0, 0.1) is 5.92 Å². The van der Waals surface area contributed by atoms with Gasteiger partial charge in [0.05, 0.1) is 12.3 Å². The van der Waals surface area contributed by atoms with Crippen LogP contribution in [0.5, 0.6) is 0 Å². The number of carbonyl (C=O) groups is 2. The summed E-state index contributed by atoms with van der Waals surface area (Å²) in [6.45, 7) is 0. The average molecular weight is 266 g/mol. The number of rotatable bonds is 0. The monoisotopic (exact) mass is 266 g/mol. The van der Waals surface area contributed by atoms with Gasteiger partial charge in [-0.1, -0.05) is 48.6 Å². The van der Waals surface area contributed by atoms with Gasteiger partial charge in [-0.3, -0.25) is 9.59 Å². The molecule has 100 valence electrons.